The third kappa shape index (κ3) is 5.64. The molecule has 0 heterocycles. The van der Waals surface area contributed by atoms with Crippen molar-refractivity contribution in [2.24, 2.45) is 11.8 Å². The van der Waals surface area contributed by atoms with E-state index in [1.807, 2.05) is 0 Å². The molecule has 4 heteroatoms. The molecule has 236 valence electrons. The van der Waals surface area contributed by atoms with Crippen molar-refractivity contribution in [2.45, 2.75) is 104 Å². The normalized spacial score (nSPS) is 18.8. The van der Waals surface area contributed by atoms with Crippen LogP contribution in [0.3, 0.4) is 0 Å². The van der Waals surface area contributed by atoms with Gasteiger partial charge in [0.25, 0.3) is 0 Å². The van der Waals surface area contributed by atoms with Gasteiger partial charge in [0.05, 0.1) is 0 Å². The molecule has 2 aliphatic carbocycles. The fourth-order valence-corrected chi connectivity index (χ4v) is 8.62. The number of hydrogen-bond donors (Lipinski definition) is 0. The van der Waals surface area contributed by atoms with Gasteiger partial charge in [-0.2, -0.15) is 0 Å². The average Bonchev–Trinajstić information content (AvgIpc) is 3.42. The Labute approximate surface area is 273 Å². The van der Waals surface area contributed by atoms with Gasteiger partial charge in [-0.3, -0.25) is 0 Å². The zero-order chi connectivity index (χ0) is 32.7. The van der Waals surface area contributed by atoms with Gasteiger partial charge in [-0.05, 0) is 129 Å². The van der Waals surface area contributed by atoms with Crippen LogP contribution in [0.15, 0.2) is 66.4 Å². The molecule has 0 aliphatic heterocycles. The summed E-state index contributed by atoms with van der Waals surface area (Å²) in [5, 5.41) is 5.47. The fraction of sp³-hybridized carbons (Fsp3) is 0.439. The maximum atomic E-state index is 6.70. The minimum atomic E-state index is -1.92. The van der Waals surface area contributed by atoms with Crippen molar-refractivity contribution < 1.29 is 8.85 Å². The molecule has 2 aliphatic rings. The lowest BCUT2D eigenvalue weighted by atomic mass is 9.92. The number of allylic oxidation sites excluding steroid dienone is 1. The van der Waals surface area contributed by atoms with E-state index in [0.717, 1.165) is 24.3 Å². The first-order chi connectivity index (χ1) is 20.9. The summed E-state index contributed by atoms with van der Waals surface area (Å²) in [5.41, 5.74) is 12.5. The van der Waals surface area contributed by atoms with Gasteiger partial charge in [0, 0.05) is 11.1 Å². The van der Waals surface area contributed by atoms with Crippen LogP contribution in [0.1, 0.15) is 77.6 Å². The highest BCUT2D eigenvalue weighted by Crippen LogP contribution is 2.47. The van der Waals surface area contributed by atoms with Crippen LogP contribution in [0.25, 0.3) is 32.7 Å². The maximum absolute atomic E-state index is 6.70. The number of fused-ring (bicyclic) bond motifs is 6. The summed E-state index contributed by atoms with van der Waals surface area (Å²) >= 11 is 0. The minimum absolute atomic E-state index is 0.162. The second kappa shape index (κ2) is 10.8. The van der Waals surface area contributed by atoms with Gasteiger partial charge in [-0.1, -0.05) is 91.8 Å². The van der Waals surface area contributed by atoms with E-state index in [9.17, 15) is 0 Å². The molecule has 0 radical (unpaired) electrons. The summed E-state index contributed by atoms with van der Waals surface area (Å²) in [6.07, 6.45) is 2.13. The molecule has 0 spiro atoms. The maximum Gasteiger partial charge on any atom is 0.250 e. The molecule has 0 N–H and O–H groups in total. The van der Waals surface area contributed by atoms with Gasteiger partial charge in [-0.25, -0.2) is 0 Å². The molecular weight excluding hydrogens is 581 g/mol. The van der Waals surface area contributed by atoms with Crippen LogP contribution in [-0.2, 0) is 12.8 Å². The standard InChI is InChI=1S/C41H52O2Si2/c1-26-21-30-15-13-28-23-32(42-44(9,10)40(3,4)5)17-19-34(28)38(30)36(26)25-37-27(2)22-31-16-14-29-24-33(18-20-35(29)39(31)37)43-45(11,12)41(6,7)8/h13-20,23-24,26-27H,21-22H2,1-12H3. The summed E-state index contributed by atoms with van der Waals surface area (Å²) in [5.74, 6) is 2.84. The Hall–Kier alpha value is -3.05. The zero-order valence-electron chi connectivity index (χ0n) is 29.7. The first kappa shape index (κ1) is 31.9. The Morgan fingerprint density at radius 3 is 1.31 bits per heavy atom. The molecule has 2 nitrogen and oxygen atoms in total. The highest BCUT2D eigenvalue weighted by atomic mass is 28.4. The van der Waals surface area contributed by atoms with Crippen LogP contribution < -0.4 is 8.85 Å². The number of rotatable bonds is 4. The lowest BCUT2D eigenvalue weighted by Crippen LogP contribution is -2.43. The van der Waals surface area contributed by atoms with E-state index >= 15 is 0 Å². The predicted octanol–water partition coefficient (Wildman–Crippen LogP) is 12.2. The molecule has 0 fully saturated rings. The fourth-order valence-electron chi connectivity index (χ4n) is 6.58. The third-order valence-electron chi connectivity index (χ3n) is 11.4. The molecule has 4 aromatic carbocycles. The van der Waals surface area contributed by atoms with E-state index in [1.54, 1.807) is 0 Å². The molecule has 4 aromatic rings. The van der Waals surface area contributed by atoms with E-state index in [2.05, 4.69) is 148 Å². The average molecular weight is 633 g/mol. The Kier molecular flexibility index (Phi) is 7.63. The second-order valence-corrected chi connectivity index (χ2v) is 26.3. The van der Waals surface area contributed by atoms with Crippen molar-refractivity contribution in [3.05, 3.63) is 88.6 Å². The van der Waals surface area contributed by atoms with Crippen LogP contribution in [0.4, 0.5) is 0 Å². The van der Waals surface area contributed by atoms with E-state index in [-0.39, 0.29) is 10.1 Å². The summed E-state index contributed by atoms with van der Waals surface area (Å²) in [4.78, 5) is 0. The third-order valence-corrected chi connectivity index (χ3v) is 20.1. The molecule has 0 amide bonds. The summed E-state index contributed by atoms with van der Waals surface area (Å²) < 4.78 is 13.4. The van der Waals surface area contributed by atoms with Gasteiger partial charge in [0.15, 0.2) is 0 Å². The summed E-state index contributed by atoms with van der Waals surface area (Å²) in [6, 6.07) is 22.8. The van der Waals surface area contributed by atoms with Crippen LogP contribution >= 0.6 is 0 Å². The van der Waals surface area contributed by atoms with Crippen molar-refractivity contribution in [1.29, 1.82) is 0 Å². The van der Waals surface area contributed by atoms with Crippen LogP contribution in [0.2, 0.25) is 36.3 Å². The van der Waals surface area contributed by atoms with E-state index in [0.29, 0.717) is 11.8 Å². The molecule has 45 heavy (non-hydrogen) atoms. The predicted molar refractivity (Wildman–Crippen MR) is 200 cm³/mol. The highest BCUT2D eigenvalue weighted by molar-refractivity contribution is 6.75. The first-order valence-corrected chi connectivity index (χ1v) is 22.7. The smallest absolute Gasteiger partial charge is 0.250 e. The van der Waals surface area contributed by atoms with Gasteiger partial charge in [-0.15, -0.1) is 5.73 Å². The van der Waals surface area contributed by atoms with Crippen molar-refractivity contribution >= 4 is 49.3 Å². The first-order valence-electron chi connectivity index (χ1n) is 16.9. The molecule has 0 saturated carbocycles. The van der Waals surface area contributed by atoms with E-state index in [1.165, 1.54) is 54.9 Å². The quantitative estimate of drug-likeness (QED) is 0.165. The Bertz CT molecular complexity index is 1760. The molecule has 2 unspecified atom stereocenters. The van der Waals surface area contributed by atoms with Crippen LogP contribution in [0.5, 0.6) is 11.5 Å². The highest BCUT2D eigenvalue weighted by Gasteiger charge is 2.40. The van der Waals surface area contributed by atoms with Crippen molar-refractivity contribution in [2.75, 3.05) is 0 Å². The Morgan fingerprint density at radius 1 is 0.578 bits per heavy atom. The summed E-state index contributed by atoms with van der Waals surface area (Å²) in [6.45, 7) is 27.8. The van der Waals surface area contributed by atoms with Crippen LogP contribution in [-0.4, -0.2) is 16.6 Å². The van der Waals surface area contributed by atoms with Gasteiger partial charge >= 0.3 is 0 Å². The van der Waals surface area contributed by atoms with E-state index in [4.69, 9.17) is 8.85 Å². The molecule has 0 bridgehead atoms. The summed E-state index contributed by atoms with van der Waals surface area (Å²) in [7, 11) is -3.84. The van der Waals surface area contributed by atoms with E-state index < -0.39 is 16.6 Å². The number of hydrogen-bond acceptors (Lipinski definition) is 2. The van der Waals surface area contributed by atoms with Crippen LogP contribution in [0, 0.1) is 11.8 Å². The Morgan fingerprint density at radius 2 is 0.956 bits per heavy atom. The molecule has 2 atom stereocenters. The lowest BCUT2D eigenvalue weighted by Gasteiger charge is -2.36. The van der Waals surface area contributed by atoms with Gasteiger partial charge in [0.2, 0.25) is 16.6 Å². The molecular formula is C41H52O2Si2. The Balaban J connectivity index is 1.46. The van der Waals surface area contributed by atoms with Crippen molar-refractivity contribution in [3.63, 3.8) is 0 Å². The minimum Gasteiger partial charge on any atom is -0.543 e. The second-order valence-electron chi connectivity index (χ2n) is 16.9. The zero-order valence-corrected chi connectivity index (χ0v) is 31.7. The molecule has 6 rings (SSSR count). The lowest BCUT2D eigenvalue weighted by molar-refractivity contribution is 0.492. The van der Waals surface area contributed by atoms with Crippen molar-refractivity contribution in [3.8, 4) is 11.5 Å². The topological polar surface area (TPSA) is 18.5 Å². The van der Waals surface area contributed by atoms with Gasteiger partial charge in [0.1, 0.15) is 11.5 Å². The van der Waals surface area contributed by atoms with Gasteiger partial charge < -0.3 is 8.85 Å². The molecule has 0 saturated heterocycles. The molecule has 0 aromatic heterocycles. The largest absolute Gasteiger partial charge is 0.543 e. The van der Waals surface area contributed by atoms with Crippen molar-refractivity contribution in [1.82, 2.24) is 0 Å². The monoisotopic (exact) mass is 632 g/mol. The SMILES string of the molecule is CC1Cc2ccc3cc(O[Si](C)(C)C(C)(C)C)ccc3c2C1=C=C1c2c(ccc3cc(O[Si](C)(C)C(C)(C)C)ccc23)CC1C. The number of benzene rings is 4.